The lowest BCUT2D eigenvalue weighted by atomic mass is 10.4. The van der Waals surface area contributed by atoms with Gasteiger partial charge in [0.1, 0.15) is 0 Å². The number of likely N-dealkylation sites (N-methyl/N-ethyl adjacent to an activating group) is 1. The Bertz CT molecular complexity index is 192. The quantitative estimate of drug-likeness (QED) is 0.662. The summed E-state index contributed by atoms with van der Waals surface area (Å²) in [5.74, 6) is -0.647. The lowest BCUT2D eigenvalue weighted by Crippen LogP contribution is -2.36. The first-order chi connectivity index (χ1) is 6.20. The van der Waals surface area contributed by atoms with E-state index in [1.54, 1.807) is 13.8 Å². The molecule has 0 atom stereocenters. The van der Waals surface area contributed by atoms with E-state index in [-0.39, 0.29) is 12.6 Å². The molecule has 0 saturated heterocycles. The van der Waals surface area contributed by atoms with Crippen molar-refractivity contribution in [3.63, 3.8) is 0 Å². The maximum atomic E-state index is 11.8. The van der Waals surface area contributed by atoms with Gasteiger partial charge < -0.3 is 4.74 Å². The Hall–Kier alpha value is -0.780. The molecule has 14 heavy (non-hydrogen) atoms. The number of halogens is 3. The molecule has 0 heterocycles. The molecule has 0 aromatic rings. The van der Waals surface area contributed by atoms with Crippen LogP contribution in [0.15, 0.2) is 0 Å². The van der Waals surface area contributed by atoms with E-state index in [0.717, 1.165) is 4.90 Å². The third kappa shape index (κ3) is 7.85. The number of esters is 1. The fourth-order valence-electron chi connectivity index (χ4n) is 0.883. The molecule has 0 aliphatic heterocycles. The lowest BCUT2D eigenvalue weighted by Gasteiger charge is -2.18. The summed E-state index contributed by atoms with van der Waals surface area (Å²) >= 11 is 0. The van der Waals surface area contributed by atoms with E-state index in [4.69, 9.17) is 0 Å². The van der Waals surface area contributed by atoms with Crippen LogP contribution in [0.5, 0.6) is 0 Å². The number of alkyl halides is 3. The summed E-state index contributed by atoms with van der Waals surface area (Å²) in [6, 6.07) is 0. The standard InChI is InChI=1S/C8H14F3NO2/c1-6(2)14-7(13)4-12(3)5-8(9,10)11/h6H,4-5H2,1-3H3. The largest absolute Gasteiger partial charge is 0.462 e. The van der Waals surface area contributed by atoms with Crippen LogP contribution < -0.4 is 0 Å². The summed E-state index contributed by atoms with van der Waals surface area (Å²) in [6.45, 7) is 1.82. The molecule has 0 aromatic heterocycles. The number of hydrogen-bond donors (Lipinski definition) is 0. The minimum atomic E-state index is -4.28. The SMILES string of the molecule is CC(C)OC(=O)CN(C)CC(F)(F)F. The number of carbonyl (C=O) groups excluding carboxylic acids is 1. The maximum absolute atomic E-state index is 11.8. The predicted octanol–water partition coefficient (Wildman–Crippen LogP) is 1.43. The number of rotatable bonds is 4. The highest BCUT2D eigenvalue weighted by molar-refractivity contribution is 5.71. The highest BCUT2D eigenvalue weighted by Gasteiger charge is 2.29. The van der Waals surface area contributed by atoms with Crippen LogP contribution in [-0.4, -0.2) is 43.3 Å². The zero-order valence-electron chi connectivity index (χ0n) is 8.39. The number of ether oxygens (including phenoxy) is 1. The van der Waals surface area contributed by atoms with Gasteiger partial charge in [-0.1, -0.05) is 0 Å². The Balaban J connectivity index is 3.83. The molecule has 0 N–H and O–H groups in total. The van der Waals surface area contributed by atoms with Gasteiger partial charge in [-0.25, -0.2) is 0 Å². The van der Waals surface area contributed by atoms with E-state index in [2.05, 4.69) is 4.74 Å². The smallest absolute Gasteiger partial charge is 0.401 e. The third-order valence-corrected chi connectivity index (χ3v) is 1.22. The Labute approximate surface area is 80.8 Å². The van der Waals surface area contributed by atoms with Crippen molar-refractivity contribution in [2.45, 2.75) is 26.1 Å². The molecule has 0 unspecified atom stereocenters. The van der Waals surface area contributed by atoms with Gasteiger partial charge in [-0.05, 0) is 20.9 Å². The minimum Gasteiger partial charge on any atom is -0.462 e. The van der Waals surface area contributed by atoms with Gasteiger partial charge in [0.2, 0.25) is 0 Å². The van der Waals surface area contributed by atoms with Gasteiger partial charge in [0, 0.05) is 0 Å². The summed E-state index contributed by atoms with van der Waals surface area (Å²) in [6.07, 6.45) is -4.59. The fraction of sp³-hybridized carbons (Fsp3) is 0.875. The molecular formula is C8H14F3NO2. The van der Waals surface area contributed by atoms with Gasteiger partial charge in [0.15, 0.2) is 0 Å². The Morgan fingerprint density at radius 3 is 2.29 bits per heavy atom. The van der Waals surface area contributed by atoms with Crippen LogP contribution in [0.4, 0.5) is 13.2 Å². The molecule has 0 saturated carbocycles. The molecule has 0 radical (unpaired) electrons. The van der Waals surface area contributed by atoms with Crippen molar-refractivity contribution in [3.05, 3.63) is 0 Å². The fourth-order valence-corrected chi connectivity index (χ4v) is 0.883. The van der Waals surface area contributed by atoms with Gasteiger partial charge >= 0.3 is 12.1 Å². The van der Waals surface area contributed by atoms with Gasteiger partial charge in [0.05, 0.1) is 19.2 Å². The van der Waals surface area contributed by atoms with E-state index in [9.17, 15) is 18.0 Å². The molecule has 0 aromatic carbocycles. The van der Waals surface area contributed by atoms with Gasteiger partial charge in [0.25, 0.3) is 0 Å². The monoisotopic (exact) mass is 213 g/mol. The first-order valence-corrected chi connectivity index (χ1v) is 4.15. The van der Waals surface area contributed by atoms with Gasteiger partial charge in [-0.2, -0.15) is 13.2 Å². The minimum absolute atomic E-state index is 0.304. The molecule has 0 bridgehead atoms. The first kappa shape index (κ1) is 13.2. The van der Waals surface area contributed by atoms with Crippen LogP contribution >= 0.6 is 0 Å². The highest BCUT2D eigenvalue weighted by atomic mass is 19.4. The van der Waals surface area contributed by atoms with Crippen molar-refractivity contribution in [1.29, 1.82) is 0 Å². The van der Waals surface area contributed by atoms with Crippen LogP contribution in [-0.2, 0) is 9.53 Å². The summed E-state index contributed by atoms with van der Waals surface area (Å²) in [5, 5.41) is 0. The van der Waals surface area contributed by atoms with Crippen molar-refractivity contribution in [2.75, 3.05) is 20.1 Å². The summed E-state index contributed by atoms with van der Waals surface area (Å²) < 4.78 is 40.2. The van der Waals surface area contributed by atoms with E-state index in [0.29, 0.717) is 0 Å². The second-order valence-electron chi connectivity index (χ2n) is 3.33. The molecule has 0 aliphatic rings. The van der Waals surface area contributed by atoms with E-state index < -0.39 is 18.7 Å². The van der Waals surface area contributed by atoms with Crippen LogP contribution in [0.3, 0.4) is 0 Å². The van der Waals surface area contributed by atoms with E-state index in [1.165, 1.54) is 7.05 Å². The highest BCUT2D eigenvalue weighted by Crippen LogP contribution is 2.15. The molecule has 0 fully saturated rings. The molecule has 0 rings (SSSR count). The van der Waals surface area contributed by atoms with Crippen LogP contribution in [0.1, 0.15) is 13.8 Å². The van der Waals surface area contributed by atoms with Crippen molar-refractivity contribution < 1.29 is 22.7 Å². The zero-order chi connectivity index (χ0) is 11.4. The third-order valence-electron chi connectivity index (χ3n) is 1.22. The molecule has 0 amide bonds. The van der Waals surface area contributed by atoms with Gasteiger partial charge in [-0.15, -0.1) is 0 Å². The lowest BCUT2D eigenvalue weighted by molar-refractivity contribution is -0.157. The number of carbonyl (C=O) groups is 1. The summed E-state index contributed by atoms with van der Waals surface area (Å²) in [7, 11) is 1.22. The summed E-state index contributed by atoms with van der Waals surface area (Å²) in [4.78, 5) is 11.8. The second-order valence-corrected chi connectivity index (χ2v) is 3.33. The molecule has 0 aliphatic carbocycles. The predicted molar refractivity (Wildman–Crippen MR) is 44.8 cm³/mol. The summed E-state index contributed by atoms with van der Waals surface area (Å²) in [5.41, 5.74) is 0. The molecule has 84 valence electrons. The van der Waals surface area contributed by atoms with Crippen molar-refractivity contribution >= 4 is 5.97 Å². The normalized spacial score (nSPS) is 12.3. The van der Waals surface area contributed by atoms with Crippen LogP contribution in [0.2, 0.25) is 0 Å². The van der Waals surface area contributed by atoms with E-state index in [1.807, 2.05) is 0 Å². The molecular weight excluding hydrogens is 199 g/mol. The van der Waals surface area contributed by atoms with Crippen molar-refractivity contribution in [2.24, 2.45) is 0 Å². The maximum Gasteiger partial charge on any atom is 0.401 e. The number of nitrogens with zero attached hydrogens (tertiary/aromatic N) is 1. The molecule has 3 nitrogen and oxygen atoms in total. The Kier molecular flexibility index (Phi) is 4.90. The van der Waals surface area contributed by atoms with Gasteiger partial charge in [-0.3, -0.25) is 9.69 Å². The molecule has 6 heteroatoms. The first-order valence-electron chi connectivity index (χ1n) is 4.15. The van der Waals surface area contributed by atoms with Crippen LogP contribution in [0, 0.1) is 0 Å². The topological polar surface area (TPSA) is 29.5 Å². The average molecular weight is 213 g/mol. The zero-order valence-corrected chi connectivity index (χ0v) is 8.39. The van der Waals surface area contributed by atoms with Crippen molar-refractivity contribution in [1.82, 2.24) is 4.90 Å². The number of hydrogen-bond acceptors (Lipinski definition) is 3. The van der Waals surface area contributed by atoms with E-state index >= 15 is 0 Å². The Morgan fingerprint density at radius 2 is 1.93 bits per heavy atom. The molecule has 0 spiro atoms. The van der Waals surface area contributed by atoms with Crippen LogP contribution in [0.25, 0.3) is 0 Å². The Morgan fingerprint density at radius 1 is 1.43 bits per heavy atom. The second kappa shape index (κ2) is 5.19. The average Bonchev–Trinajstić information content (AvgIpc) is 1.77. The van der Waals surface area contributed by atoms with Crippen molar-refractivity contribution in [3.8, 4) is 0 Å².